The number of carbonyl (C=O) groups is 1. The number of nitrogens with one attached hydrogen (secondary N) is 1. The zero-order valence-corrected chi connectivity index (χ0v) is 13.8. The van der Waals surface area contributed by atoms with Gasteiger partial charge < -0.3 is 10.2 Å². The summed E-state index contributed by atoms with van der Waals surface area (Å²) in [6, 6.07) is 11.7. The third-order valence-corrected chi connectivity index (χ3v) is 4.46. The van der Waals surface area contributed by atoms with Crippen LogP contribution in [-0.2, 0) is 6.54 Å². The van der Waals surface area contributed by atoms with Gasteiger partial charge in [-0.15, -0.1) is 0 Å². The van der Waals surface area contributed by atoms with Crippen molar-refractivity contribution in [3.05, 3.63) is 47.8 Å². The van der Waals surface area contributed by atoms with Gasteiger partial charge in [0.05, 0.1) is 5.69 Å². The number of rotatable bonds is 3. The van der Waals surface area contributed by atoms with Gasteiger partial charge in [-0.2, -0.15) is 5.10 Å². The van der Waals surface area contributed by atoms with Gasteiger partial charge in [-0.3, -0.25) is 4.68 Å². The number of aromatic nitrogens is 2. The number of piperidine rings is 1. The van der Waals surface area contributed by atoms with Crippen molar-refractivity contribution in [1.29, 1.82) is 0 Å². The van der Waals surface area contributed by atoms with E-state index in [1.165, 1.54) is 5.69 Å². The summed E-state index contributed by atoms with van der Waals surface area (Å²) in [5.41, 5.74) is 3.14. The molecular weight excluding hydrogens is 288 g/mol. The molecule has 1 fully saturated rings. The Hall–Kier alpha value is -2.30. The first-order chi connectivity index (χ1) is 11.1. The summed E-state index contributed by atoms with van der Waals surface area (Å²) in [5, 5.41) is 7.50. The Labute approximate surface area is 137 Å². The number of hydrogen-bond acceptors (Lipinski definition) is 2. The maximum Gasteiger partial charge on any atom is 0.321 e. The van der Waals surface area contributed by atoms with E-state index in [4.69, 9.17) is 0 Å². The monoisotopic (exact) mass is 312 g/mol. The first-order valence-corrected chi connectivity index (χ1v) is 8.24. The minimum atomic E-state index is 0.000708. The number of nitrogens with zero attached hydrogens (tertiary/aromatic N) is 3. The van der Waals surface area contributed by atoms with E-state index in [1.807, 2.05) is 42.2 Å². The first-order valence-electron chi connectivity index (χ1n) is 8.24. The summed E-state index contributed by atoms with van der Waals surface area (Å²) in [6.45, 7) is 6.70. The molecule has 2 aromatic rings. The molecule has 5 heteroatoms. The normalized spacial score (nSPS) is 15.7. The Morgan fingerprint density at radius 2 is 1.91 bits per heavy atom. The Morgan fingerprint density at radius 1 is 1.22 bits per heavy atom. The van der Waals surface area contributed by atoms with Crippen molar-refractivity contribution < 1.29 is 4.79 Å². The van der Waals surface area contributed by atoms with Crippen LogP contribution in [0.5, 0.6) is 0 Å². The smallest absolute Gasteiger partial charge is 0.321 e. The zero-order valence-electron chi connectivity index (χ0n) is 13.8. The predicted molar refractivity (Wildman–Crippen MR) is 91.5 cm³/mol. The summed E-state index contributed by atoms with van der Waals surface area (Å²) in [4.78, 5) is 14.2. The summed E-state index contributed by atoms with van der Waals surface area (Å²) >= 11 is 0. The molecule has 0 spiro atoms. The Balaban J connectivity index is 1.50. The van der Waals surface area contributed by atoms with Crippen molar-refractivity contribution in [2.45, 2.75) is 33.2 Å². The number of amides is 2. The molecule has 2 heterocycles. The molecule has 1 aromatic heterocycles. The van der Waals surface area contributed by atoms with Gasteiger partial charge in [-0.25, -0.2) is 4.79 Å². The lowest BCUT2D eigenvalue weighted by atomic mass is 9.97. The average molecular weight is 312 g/mol. The summed E-state index contributed by atoms with van der Waals surface area (Å²) in [6.07, 6.45) is 2.06. The van der Waals surface area contributed by atoms with E-state index in [1.54, 1.807) is 0 Å². The second kappa shape index (κ2) is 6.86. The highest BCUT2D eigenvalue weighted by Crippen LogP contribution is 2.20. The fraction of sp³-hybridized carbons (Fsp3) is 0.444. The second-order valence-electron chi connectivity index (χ2n) is 6.34. The van der Waals surface area contributed by atoms with Crippen LogP contribution in [0.2, 0.25) is 0 Å². The molecule has 5 nitrogen and oxygen atoms in total. The van der Waals surface area contributed by atoms with Crippen molar-refractivity contribution >= 4 is 11.7 Å². The highest BCUT2D eigenvalue weighted by molar-refractivity contribution is 5.89. The van der Waals surface area contributed by atoms with Crippen molar-refractivity contribution in [2.24, 2.45) is 5.92 Å². The molecule has 23 heavy (non-hydrogen) atoms. The molecule has 0 atom stereocenters. The largest absolute Gasteiger partial charge is 0.325 e. The number of hydrogen-bond donors (Lipinski definition) is 1. The van der Waals surface area contributed by atoms with E-state index >= 15 is 0 Å². The second-order valence-corrected chi connectivity index (χ2v) is 6.34. The van der Waals surface area contributed by atoms with Gasteiger partial charge in [0, 0.05) is 31.0 Å². The predicted octanol–water partition coefficient (Wildman–Crippen LogP) is 3.44. The van der Waals surface area contributed by atoms with Gasteiger partial charge in [0.15, 0.2) is 0 Å². The van der Waals surface area contributed by atoms with Gasteiger partial charge in [0.1, 0.15) is 0 Å². The number of likely N-dealkylation sites (tertiary alicyclic amines) is 1. The molecule has 1 saturated heterocycles. The topological polar surface area (TPSA) is 50.2 Å². The van der Waals surface area contributed by atoms with Crippen LogP contribution in [0, 0.1) is 19.8 Å². The number of anilines is 1. The number of benzene rings is 1. The van der Waals surface area contributed by atoms with Crippen LogP contribution in [-0.4, -0.2) is 33.8 Å². The molecular formula is C18H24N4O. The van der Waals surface area contributed by atoms with Crippen molar-refractivity contribution in [1.82, 2.24) is 14.7 Å². The van der Waals surface area contributed by atoms with Crippen LogP contribution in [0.4, 0.5) is 10.5 Å². The van der Waals surface area contributed by atoms with E-state index in [0.29, 0.717) is 5.92 Å². The third kappa shape index (κ3) is 3.92. The molecule has 1 aromatic carbocycles. The van der Waals surface area contributed by atoms with E-state index < -0.39 is 0 Å². The zero-order chi connectivity index (χ0) is 16.2. The van der Waals surface area contributed by atoms with E-state index in [2.05, 4.69) is 28.1 Å². The Morgan fingerprint density at radius 3 is 2.52 bits per heavy atom. The number of carbonyl (C=O) groups excluding carboxylic acids is 1. The highest BCUT2D eigenvalue weighted by atomic mass is 16.2. The van der Waals surface area contributed by atoms with Crippen LogP contribution in [0.15, 0.2) is 36.4 Å². The van der Waals surface area contributed by atoms with Crippen molar-refractivity contribution in [3.8, 4) is 0 Å². The number of aryl methyl sites for hydroxylation is 2. The molecule has 0 radical (unpaired) electrons. The van der Waals surface area contributed by atoms with Crippen LogP contribution < -0.4 is 5.32 Å². The first kappa shape index (κ1) is 15.6. The fourth-order valence-electron chi connectivity index (χ4n) is 3.15. The fourth-order valence-corrected chi connectivity index (χ4v) is 3.15. The molecule has 0 unspecified atom stereocenters. The van der Waals surface area contributed by atoms with E-state index in [9.17, 15) is 4.79 Å². The Kier molecular flexibility index (Phi) is 4.65. The number of urea groups is 1. The van der Waals surface area contributed by atoms with E-state index in [-0.39, 0.29) is 6.03 Å². The molecule has 0 bridgehead atoms. The SMILES string of the molecule is Cc1cc(C)n(CC2CCN(C(=O)Nc3ccccc3)CC2)n1. The van der Waals surface area contributed by atoms with Gasteiger partial charge in [0.25, 0.3) is 0 Å². The molecule has 1 N–H and O–H groups in total. The van der Waals surface area contributed by atoms with Gasteiger partial charge in [-0.1, -0.05) is 18.2 Å². The maximum absolute atomic E-state index is 12.3. The standard InChI is InChI=1S/C18H24N4O/c1-14-12-15(2)22(20-14)13-16-8-10-21(11-9-16)18(23)19-17-6-4-3-5-7-17/h3-7,12,16H,8-11,13H2,1-2H3,(H,19,23). The Bertz CT molecular complexity index is 657. The molecule has 2 amide bonds. The molecule has 1 aliphatic rings. The molecule has 0 saturated carbocycles. The van der Waals surface area contributed by atoms with Crippen molar-refractivity contribution in [2.75, 3.05) is 18.4 Å². The van der Waals surface area contributed by atoms with Crippen LogP contribution >= 0.6 is 0 Å². The minimum Gasteiger partial charge on any atom is -0.325 e. The molecule has 1 aliphatic heterocycles. The summed E-state index contributed by atoms with van der Waals surface area (Å²) < 4.78 is 2.10. The number of para-hydroxylation sites is 1. The quantitative estimate of drug-likeness (QED) is 0.944. The third-order valence-electron chi connectivity index (χ3n) is 4.46. The van der Waals surface area contributed by atoms with Gasteiger partial charge in [0.2, 0.25) is 0 Å². The summed E-state index contributed by atoms with van der Waals surface area (Å²) in [5.74, 6) is 0.591. The van der Waals surface area contributed by atoms with Gasteiger partial charge in [-0.05, 0) is 50.8 Å². The lowest BCUT2D eigenvalue weighted by Gasteiger charge is -2.32. The average Bonchev–Trinajstić information content (AvgIpc) is 2.86. The van der Waals surface area contributed by atoms with Crippen LogP contribution in [0.3, 0.4) is 0 Å². The van der Waals surface area contributed by atoms with Gasteiger partial charge >= 0.3 is 6.03 Å². The molecule has 3 rings (SSSR count). The minimum absolute atomic E-state index is 0.000708. The highest BCUT2D eigenvalue weighted by Gasteiger charge is 2.23. The van der Waals surface area contributed by atoms with Crippen molar-refractivity contribution in [3.63, 3.8) is 0 Å². The van der Waals surface area contributed by atoms with E-state index in [0.717, 1.165) is 43.9 Å². The maximum atomic E-state index is 12.3. The van der Waals surface area contributed by atoms with Crippen LogP contribution in [0.25, 0.3) is 0 Å². The summed E-state index contributed by atoms with van der Waals surface area (Å²) in [7, 11) is 0. The van der Waals surface area contributed by atoms with Crippen LogP contribution in [0.1, 0.15) is 24.2 Å². The molecule has 122 valence electrons. The molecule has 0 aliphatic carbocycles. The lowest BCUT2D eigenvalue weighted by molar-refractivity contribution is 0.175. The lowest BCUT2D eigenvalue weighted by Crippen LogP contribution is -2.41.